The van der Waals surface area contributed by atoms with Gasteiger partial charge in [-0.1, -0.05) is 0 Å². The van der Waals surface area contributed by atoms with Crippen molar-refractivity contribution < 1.29 is 9.90 Å². The molecule has 0 saturated heterocycles. The fraction of sp³-hybridized carbons (Fsp3) is 0.125. The van der Waals surface area contributed by atoms with Gasteiger partial charge in [0.1, 0.15) is 5.75 Å². The fourth-order valence-electron chi connectivity index (χ4n) is 0.813. The number of carbonyl (C=O) groups excluding carboxylic acids is 1. The lowest BCUT2D eigenvalue weighted by Gasteiger charge is -2.03. The average molecular weight is 294 g/mol. The van der Waals surface area contributed by atoms with Crippen molar-refractivity contribution >= 4 is 37.6 Å². The van der Waals surface area contributed by atoms with E-state index in [1.165, 1.54) is 6.92 Å². The quantitative estimate of drug-likeness (QED) is 0.808. The van der Waals surface area contributed by atoms with Crippen LogP contribution in [-0.4, -0.2) is 10.9 Å². The monoisotopic (exact) mass is 292 g/mol. The van der Waals surface area contributed by atoms with E-state index in [0.717, 1.165) is 0 Å². The summed E-state index contributed by atoms with van der Waals surface area (Å²) in [6.07, 6.45) is 0. The number of aromatic hydroxyl groups is 1. The van der Waals surface area contributed by atoms with Gasteiger partial charge in [-0.25, -0.2) is 0 Å². The van der Waals surface area contributed by atoms with Gasteiger partial charge >= 0.3 is 0 Å². The molecule has 0 aliphatic carbocycles. The number of rotatable bonds is 1. The number of ketones is 1. The molecular weight excluding hydrogens is 288 g/mol. The minimum absolute atomic E-state index is 0.0581. The molecule has 0 atom stereocenters. The SMILES string of the molecule is CC(=O)c1ccc(Br)c(O)c1Br. The minimum Gasteiger partial charge on any atom is -0.506 e. The van der Waals surface area contributed by atoms with Crippen LogP contribution in [0.2, 0.25) is 0 Å². The highest BCUT2D eigenvalue weighted by atomic mass is 79.9. The summed E-state index contributed by atoms with van der Waals surface area (Å²) in [4.78, 5) is 11.0. The molecule has 64 valence electrons. The van der Waals surface area contributed by atoms with E-state index in [0.29, 0.717) is 14.5 Å². The van der Waals surface area contributed by atoms with E-state index in [9.17, 15) is 9.90 Å². The molecule has 1 aromatic rings. The zero-order valence-electron chi connectivity index (χ0n) is 6.27. The van der Waals surface area contributed by atoms with Gasteiger partial charge < -0.3 is 5.11 Å². The third-order valence-corrected chi connectivity index (χ3v) is 2.89. The third-order valence-electron chi connectivity index (χ3n) is 1.45. The Labute approximate surface area is 86.9 Å². The average Bonchev–Trinajstić information content (AvgIpc) is 2.00. The second-order valence-corrected chi connectivity index (χ2v) is 3.96. The Hall–Kier alpha value is -0.350. The van der Waals surface area contributed by atoms with Gasteiger partial charge in [0.2, 0.25) is 0 Å². The first kappa shape index (κ1) is 9.74. The van der Waals surface area contributed by atoms with Crippen LogP contribution < -0.4 is 0 Å². The molecule has 1 N–H and O–H groups in total. The van der Waals surface area contributed by atoms with E-state index in [2.05, 4.69) is 31.9 Å². The molecule has 0 heterocycles. The molecule has 0 amide bonds. The predicted molar refractivity (Wildman–Crippen MR) is 53.5 cm³/mol. The standard InChI is InChI=1S/C8H6Br2O2/c1-4(11)5-2-3-6(9)8(12)7(5)10/h2-3,12H,1H3. The summed E-state index contributed by atoms with van der Waals surface area (Å²) in [5, 5.41) is 9.39. The van der Waals surface area contributed by atoms with E-state index in [1.54, 1.807) is 12.1 Å². The van der Waals surface area contributed by atoms with Gasteiger partial charge in [-0.3, -0.25) is 4.79 Å². The number of hydrogen-bond acceptors (Lipinski definition) is 2. The first-order chi connectivity index (χ1) is 5.54. The molecule has 0 aliphatic rings. The van der Waals surface area contributed by atoms with Crippen LogP contribution >= 0.6 is 31.9 Å². The van der Waals surface area contributed by atoms with Gasteiger partial charge in [0, 0.05) is 5.56 Å². The summed E-state index contributed by atoms with van der Waals surface area (Å²) in [5.74, 6) is -0.0209. The minimum atomic E-state index is -0.0790. The van der Waals surface area contributed by atoms with E-state index < -0.39 is 0 Å². The van der Waals surface area contributed by atoms with Gasteiger partial charge in [-0.15, -0.1) is 0 Å². The Morgan fingerprint density at radius 1 is 1.42 bits per heavy atom. The normalized spacial score (nSPS) is 9.92. The van der Waals surface area contributed by atoms with E-state index in [1.807, 2.05) is 0 Å². The molecule has 0 radical (unpaired) electrons. The van der Waals surface area contributed by atoms with E-state index >= 15 is 0 Å². The Balaban J connectivity index is 3.36. The maximum atomic E-state index is 11.0. The zero-order chi connectivity index (χ0) is 9.30. The lowest BCUT2D eigenvalue weighted by molar-refractivity contribution is 0.101. The lowest BCUT2D eigenvalue weighted by Crippen LogP contribution is -1.93. The van der Waals surface area contributed by atoms with Crippen molar-refractivity contribution in [2.24, 2.45) is 0 Å². The smallest absolute Gasteiger partial charge is 0.161 e. The van der Waals surface area contributed by atoms with Gasteiger partial charge in [0.05, 0.1) is 8.95 Å². The molecule has 0 unspecified atom stereocenters. The summed E-state index contributed by atoms with van der Waals surface area (Å²) >= 11 is 6.27. The van der Waals surface area contributed by atoms with E-state index in [4.69, 9.17) is 0 Å². The van der Waals surface area contributed by atoms with Crippen LogP contribution in [0.3, 0.4) is 0 Å². The van der Waals surface area contributed by atoms with Crippen molar-refractivity contribution in [3.05, 3.63) is 26.6 Å². The molecule has 4 heteroatoms. The van der Waals surface area contributed by atoms with Crippen molar-refractivity contribution in [3.8, 4) is 5.75 Å². The van der Waals surface area contributed by atoms with Crippen LogP contribution in [0.25, 0.3) is 0 Å². The molecule has 0 fully saturated rings. The maximum Gasteiger partial charge on any atom is 0.161 e. The molecule has 0 saturated carbocycles. The summed E-state index contributed by atoms with van der Waals surface area (Å²) in [6, 6.07) is 3.28. The molecule has 0 bridgehead atoms. The maximum absolute atomic E-state index is 11.0. The van der Waals surface area contributed by atoms with Gasteiger partial charge in [-0.05, 0) is 50.9 Å². The van der Waals surface area contributed by atoms with Crippen LogP contribution in [0, 0.1) is 0 Å². The lowest BCUT2D eigenvalue weighted by atomic mass is 10.1. The first-order valence-corrected chi connectivity index (χ1v) is 4.80. The number of halogens is 2. The third kappa shape index (κ3) is 1.69. The summed E-state index contributed by atoms with van der Waals surface area (Å²) < 4.78 is 1.00. The molecular formula is C8H6Br2O2. The summed E-state index contributed by atoms with van der Waals surface area (Å²) in [6.45, 7) is 1.45. The van der Waals surface area contributed by atoms with Gasteiger partial charge in [0.15, 0.2) is 5.78 Å². The Bertz CT molecular complexity index is 334. The summed E-state index contributed by atoms with van der Waals surface area (Å²) in [5.41, 5.74) is 0.482. The number of phenolic OH excluding ortho intramolecular Hbond substituents is 1. The van der Waals surface area contributed by atoms with Gasteiger partial charge in [0.25, 0.3) is 0 Å². The van der Waals surface area contributed by atoms with Crippen LogP contribution in [0.15, 0.2) is 21.1 Å². The van der Waals surface area contributed by atoms with Crippen molar-refractivity contribution in [2.75, 3.05) is 0 Å². The van der Waals surface area contributed by atoms with Crippen molar-refractivity contribution in [1.29, 1.82) is 0 Å². The predicted octanol–water partition coefficient (Wildman–Crippen LogP) is 3.12. The highest BCUT2D eigenvalue weighted by molar-refractivity contribution is 9.11. The van der Waals surface area contributed by atoms with E-state index in [-0.39, 0.29) is 11.5 Å². The Kier molecular flexibility index (Phi) is 2.90. The number of benzene rings is 1. The molecule has 0 spiro atoms. The first-order valence-electron chi connectivity index (χ1n) is 3.22. The van der Waals surface area contributed by atoms with Crippen LogP contribution in [0.1, 0.15) is 17.3 Å². The number of phenols is 1. The second-order valence-electron chi connectivity index (χ2n) is 2.31. The van der Waals surface area contributed by atoms with Crippen LogP contribution in [0.5, 0.6) is 5.75 Å². The largest absolute Gasteiger partial charge is 0.506 e. The second kappa shape index (κ2) is 3.58. The fourth-order valence-corrected chi connectivity index (χ4v) is 2.03. The molecule has 0 aliphatic heterocycles. The van der Waals surface area contributed by atoms with Crippen molar-refractivity contribution in [1.82, 2.24) is 0 Å². The summed E-state index contributed by atoms with van der Waals surface area (Å²) in [7, 11) is 0. The van der Waals surface area contributed by atoms with Crippen LogP contribution in [0.4, 0.5) is 0 Å². The molecule has 0 aromatic heterocycles. The van der Waals surface area contributed by atoms with Crippen LogP contribution in [-0.2, 0) is 0 Å². The molecule has 2 nitrogen and oxygen atoms in total. The number of carbonyl (C=O) groups is 1. The Morgan fingerprint density at radius 2 is 2.00 bits per heavy atom. The highest BCUT2D eigenvalue weighted by Gasteiger charge is 2.11. The number of Topliss-reactive ketones (excluding diaryl/α,β-unsaturated/α-hetero) is 1. The Morgan fingerprint density at radius 3 is 2.50 bits per heavy atom. The molecule has 1 aromatic carbocycles. The van der Waals surface area contributed by atoms with Crippen molar-refractivity contribution in [2.45, 2.75) is 6.92 Å². The number of hydrogen-bond donors (Lipinski definition) is 1. The molecule has 1 rings (SSSR count). The topological polar surface area (TPSA) is 37.3 Å². The molecule has 12 heavy (non-hydrogen) atoms. The zero-order valence-corrected chi connectivity index (χ0v) is 9.44. The highest BCUT2D eigenvalue weighted by Crippen LogP contribution is 2.34. The van der Waals surface area contributed by atoms with Gasteiger partial charge in [-0.2, -0.15) is 0 Å². The van der Waals surface area contributed by atoms with Crippen molar-refractivity contribution in [3.63, 3.8) is 0 Å².